The van der Waals surface area contributed by atoms with E-state index in [4.69, 9.17) is 0 Å². The number of nitrogens with one attached hydrogen (secondary N) is 1. The standard InChI is InChI=1S/C12H12F3N3O/c1-16-10-6-17-18(8-10)7-9-2-4-11(5-3-9)19-12(13,14)15/h2-6,8,16H,7H2,1H3. The Balaban J connectivity index is 2.02. The van der Waals surface area contributed by atoms with Crippen LogP contribution in [0.25, 0.3) is 0 Å². The molecule has 2 aromatic rings. The summed E-state index contributed by atoms with van der Waals surface area (Å²) in [5.74, 6) is -0.229. The quantitative estimate of drug-likeness (QED) is 0.929. The number of halogens is 3. The van der Waals surface area contributed by atoms with Gasteiger partial charge in [0.15, 0.2) is 0 Å². The third-order valence-electron chi connectivity index (χ3n) is 2.42. The summed E-state index contributed by atoms with van der Waals surface area (Å²) < 4.78 is 41.4. The molecule has 7 heteroatoms. The minimum absolute atomic E-state index is 0.229. The van der Waals surface area contributed by atoms with Gasteiger partial charge in [0, 0.05) is 13.2 Å². The topological polar surface area (TPSA) is 39.1 Å². The van der Waals surface area contributed by atoms with Gasteiger partial charge in [-0.05, 0) is 17.7 Å². The normalized spacial score (nSPS) is 11.4. The Morgan fingerprint density at radius 3 is 2.47 bits per heavy atom. The molecule has 0 aliphatic carbocycles. The number of alkyl halides is 3. The van der Waals surface area contributed by atoms with Gasteiger partial charge in [-0.2, -0.15) is 5.10 Å². The van der Waals surface area contributed by atoms with E-state index in [1.807, 2.05) is 0 Å². The molecule has 2 rings (SSSR count). The maximum Gasteiger partial charge on any atom is 0.573 e. The molecule has 0 saturated heterocycles. The predicted octanol–water partition coefficient (Wildman–Crippen LogP) is 2.87. The van der Waals surface area contributed by atoms with Crippen LogP contribution < -0.4 is 10.1 Å². The van der Waals surface area contributed by atoms with E-state index >= 15 is 0 Å². The van der Waals surface area contributed by atoms with E-state index in [1.165, 1.54) is 12.1 Å². The van der Waals surface area contributed by atoms with Gasteiger partial charge in [0.05, 0.1) is 18.4 Å². The third-order valence-corrected chi connectivity index (χ3v) is 2.42. The van der Waals surface area contributed by atoms with E-state index in [0.29, 0.717) is 6.54 Å². The zero-order chi connectivity index (χ0) is 13.9. The molecule has 4 nitrogen and oxygen atoms in total. The van der Waals surface area contributed by atoms with Crippen molar-refractivity contribution in [2.24, 2.45) is 0 Å². The van der Waals surface area contributed by atoms with E-state index in [0.717, 1.165) is 11.3 Å². The maximum absolute atomic E-state index is 12.0. The lowest BCUT2D eigenvalue weighted by atomic mass is 10.2. The summed E-state index contributed by atoms with van der Waals surface area (Å²) in [6.45, 7) is 0.480. The Kier molecular flexibility index (Phi) is 3.64. The molecule has 19 heavy (non-hydrogen) atoms. The first-order valence-electron chi connectivity index (χ1n) is 5.51. The fourth-order valence-electron chi connectivity index (χ4n) is 1.56. The van der Waals surface area contributed by atoms with Crippen molar-refractivity contribution in [3.63, 3.8) is 0 Å². The van der Waals surface area contributed by atoms with Crippen LogP contribution in [-0.2, 0) is 6.54 Å². The van der Waals surface area contributed by atoms with Crippen LogP contribution in [0.5, 0.6) is 5.75 Å². The Bertz CT molecular complexity index is 534. The molecule has 0 saturated carbocycles. The minimum Gasteiger partial charge on any atom is -0.406 e. The summed E-state index contributed by atoms with van der Waals surface area (Å²) in [5.41, 5.74) is 1.71. The zero-order valence-corrected chi connectivity index (χ0v) is 10.1. The molecule has 0 radical (unpaired) electrons. The van der Waals surface area contributed by atoms with Crippen molar-refractivity contribution in [2.45, 2.75) is 12.9 Å². The van der Waals surface area contributed by atoms with Crippen LogP contribution in [0.1, 0.15) is 5.56 Å². The molecule has 1 aromatic heterocycles. The van der Waals surface area contributed by atoms with E-state index < -0.39 is 6.36 Å². The number of ether oxygens (including phenoxy) is 1. The van der Waals surface area contributed by atoms with Crippen LogP contribution in [0, 0.1) is 0 Å². The number of nitrogens with zero attached hydrogens (tertiary/aromatic N) is 2. The van der Waals surface area contributed by atoms with Crippen LogP contribution in [0.2, 0.25) is 0 Å². The van der Waals surface area contributed by atoms with Crippen LogP contribution in [-0.4, -0.2) is 23.2 Å². The van der Waals surface area contributed by atoms with Crippen molar-refractivity contribution in [3.8, 4) is 5.75 Å². The number of aromatic nitrogens is 2. The Morgan fingerprint density at radius 2 is 1.95 bits per heavy atom. The SMILES string of the molecule is CNc1cnn(Cc2ccc(OC(F)(F)F)cc2)c1. The number of hydrogen-bond acceptors (Lipinski definition) is 3. The highest BCUT2D eigenvalue weighted by Gasteiger charge is 2.30. The fraction of sp³-hybridized carbons (Fsp3) is 0.250. The molecule has 0 aliphatic rings. The van der Waals surface area contributed by atoms with Gasteiger partial charge in [0.1, 0.15) is 5.75 Å². The predicted molar refractivity (Wildman–Crippen MR) is 64.0 cm³/mol. The van der Waals surface area contributed by atoms with E-state index in [1.54, 1.807) is 36.3 Å². The lowest BCUT2D eigenvalue weighted by Gasteiger charge is -2.09. The number of anilines is 1. The van der Waals surface area contributed by atoms with Crippen molar-refractivity contribution in [2.75, 3.05) is 12.4 Å². The van der Waals surface area contributed by atoms with Gasteiger partial charge in [-0.25, -0.2) is 0 Å². The average molecular weight is 271 g/mol. The molecule has 1 heterocycles. The van der Waals surface area contributed by atoms with Gasteiger partial charge in [-0.1, -0.05) is 12.1 Å². The smallest absolute Gasteiger partial charge is 0.406 e. The lowest BCUT2D eigenvalue weighted by molar-refractivity contribution is -0.274. The molecule has 0 aliphatic heterocycles. The van der Waals surface area contributed by atoms with Gasteiger partial charge in [0.2, 0.25) is 0 Å². The Hall–Kier alpha value is -2.18. The minimum atomic E-state index is -4.66. The van der Waals surface area contributed by atoms with Crippen molar-refractivity contribution in [1.29, 1.82) is 0 Å². The second-order valence-corrected chi connectivity index (χ2v) is 3.87. The van der Waals surface area contributed by atoms with Crippen LogP contribution in [0.4, 0.5) is 18.9 Å². The number of benzene rings is 1. The first-order chi connectivity index (χ1) is 8.96. The maximum atomic E-state index is 12.0. The Morgan fingerprint density at radius 1 is 1.26 bits per heavy atom. The number of rotatable bonds is 4. The summed E-state index contributed by atoms with van der Waals surface area (Å²) in [5, 5.41) is 7.05. The van der Waals surface area contributed by atoms with Gasteiger partial charge in [-0.15, -0.1) is 13.2 Å². The highest BCUT2D eigenvalue weighted by atomic mass is 19.4. The molecule has 0 bridgehead atoms. The molecule has 1 N–H and O–H groups in total. The number of hydrogen-bond donors (Lipinski definition) is 1. The van der Waals surface area contributed by atoms with E-state index in [-0.39, 0.29) is 5.75 Å². The van der Waals surface area contributed by atoms with Gasteiger partial charge in [-0.3, -0.25) is 4.68 Å². The van der Waals surface area contributed by atoms with Crippen molar-refractivity contribution >= 4 is 5.69 Å². The van der Waals surface area contributed by atoms with E-state index in [2.05, 4.69) is 15.2 Å². The summed E-state index contributed by atoms with van der Waals surface area (Å²) in [6.07, 6.45) is -1.19. The molecular formula is C12H12F3N3O. The van der Waals surface area contributed by atoms with Gasteiger partial charge >= 0.3 is 6.36 Å². The van der Waals surface area contributed by atoms with Crippen molar-refractivity contribution in [1.82, 2.24) is 9.78 Å². The van der Waals surface area contributed by atoms with Crippen molar-refractivity contribution < 1.29 is 17.9 Å². The largest absolute Gasteiger partial charge is 0.573 e. The first-order valence-corrected chi connectivity index (χ1v) is 5.51. The zero-order valence-electron chi connectivity index (χ0n) is 10.1. The summed E-state index contributed by atoms with van der Waals surface area (Å²) >= 11 is 0. The molecule has 0 fully saturated rings. The molecular weight excluding hydrogens is 259 g/mol. The second kappa shape index (κ2) is 5.21. The average Bonchev–Trinajstić information content (AvgIpc) is 2.77. The van der Waals surface area contributed by atoms with Crippen LogP contribution in [0.3, 0.4) is 0 Å². The van der Waals surface area contributed by atoms with Crippen LogP contribution in [0.15, 0.2) is 36.7 Å². The fourth-order valence-corrected chi connectivity index (χ4v) is 1.56. The second-order valence-electron chi connectivity index (χ2n) is 3.87. The highest BCUT2D eigenvalue weighted by molar-refractivity contribution is 5.37. The third kappa shape index (κ3) is 3.90. The first kappa shape index (κ1) is 13.3. The lowest BCUT2D eigenvalue weighted by Crippen LogP contribution is -2.17. The summed E-state index contributed by atoms with van der Waals surface area (Å²) in [7, 11) is 1.78. The molecule has 0 amide bonds. The summed E-state index contributed by atoms with van der Waals surface area (Å²) in [6, 6.07) is 5.71. The monoisotopic (exact) mass is 271 g/mol. The molecule has 0 unspecified atom stereocenters. The Labute approximate surface area is 107 Å². The molecule has 0 spiro atoms. The summed E-state index contributed by atoms with van der Waals surface area (Å²) in [4.78, 5) is 0. The molecule has 0 atom stereocenters. The molecule has 102 valence electrons. The van der Waals surface area contributed by atoms with Gasteiger partial charge < -0.3 is 10.1 Å². The van der Waals surface area contributed by atoms with Gasteiger partial charge in [0.25, 0.3) is 0 Å². The van der Waals surface area contributed by atoms with Crippen LogP contribution >= 0.6 is 0 Å². The van der Waals surface area contributed by atoms with E-state index in [9.17, 15) is 13.2 Å². The highest BCUT2D eigenvalue weighted by Crippen LogP contribution is 2.22. The van der Waals surface area contributed by atoms with Crippen molar-refractivity contribution in [3.05, 3.63) is 42.2 Å². The molecule has 1 aromatic carbocycles.